The number of nitrogens with zero attached hydrogens (tertiary/aromatic N) is 1. The largest absolute Gasteiger partial charge is 0.497 e. The van der Waals surface area contributed by atoms with E-state index < -0.39 is 0 Å². The predicted molar refractivity (Wildman–Crippen MR) is 95.1 cm³/mol. The molecule has 0 saturated carbocycles. The van der Waals surface area contributed by atoms with Gasteiger partial charge in [-0.3, -0.25) is 4.99 Å². The molecule has 0 heterocycles. The maximum Gasteiger partial charge on any atom is 0.191 e. The van der Waals surface area contributed by atoms with E-state index in [4.69, 9.17) is 14.2 Å². The summed E-state index contributed by atoms with van der Waals surface area (Å²) in [7, 11) is 5.03. The molecule has 2 N–H and O–H groups in total. The molecular formula is C14H24IN3O3. The Morgan fingerprint density at radius 2 is 1.76 bits per heavy atom. The highest BCUT2D eigenvalue weighted by molar-refractivity contribution is 14.0. The minimum Gasteiger partial charge on any atom is -0.497 e. The Kier molecular flexibility index (Phi) is 11.8. The summed E-state index contributed by atoms with van der Waals surface area (Å²) in [6, 6.07) is 7.53. The average Bonchev–Trinajstić information content (AvgIpc) is 2.50. The number of hydrogen-bond acceptors (Lipinski definition) is 4. The standard InChI is InChI=1S/C14H23N3O3.HI/c1-15-14(16-7-9-18-2)17-8-10-20-13-6-4-5-12(11-13)19-3;/h4-6,11H,7-10H2,1-3H3,(H2,15,16,17);1H. The molecule has 0 saturated heterocycles. The van der Waals surface area contributed by atoms with Crippen molar-refractivity contribution in [3.63, 3.8) is 0 Å². The van der Waals surface area contributed by atoms with Gasteiger partial charge in [0.1, 0.15) is 18.1 Å². The summed E-state index contributed by atoms with van der Waals surface area (Å²) in [6.45, 7) is 2.55. The second kappa shape index (κ2) is 12.5. The Balaban J connectivity index is 0.00000400. The van der Waals surface area contributed by atoms with Gasteiger partial charge in [-0.1, -0.05) is 6.07 Å². The smallest absolute Gasteiger partial charge is 0.191 e. The molecule has 0 unspecified atom stereocenters. The third kappa shape index (κ3) is 8.61. The number of benzene rings is 1. The van der Waals surface area contributed by atoms with E-state index in [9.17, 15) is 0 Å². The molecule has 0 aliphatic rings. The summed E-state index contributed by atoms with van der Waals surface area (Å²) in [6.07, 6.45) is 0. The topological polar surface area (TPSA) is 64.1 Å². The minimum absolute atomic E-state index is 0. The van der Waals surface area contributed by atoms with E-state index in [1.54, 1.807) is 21.3 Å². The first kappa shape index (κ1) is 19.8. The summed E-state index contributed by atoms with van der Waals surface area (Å²) in [4.78, 5) is 4.10. The van der Waals surface area contributed by atoms with E-state index in [1.807, 2.05) is 24.3 Å². The zero-order chi connectivity index (χ0) is 14.6. The van der Waals surface area contributed by atoms with E-state index in [0.29, 0.717) is 26.3 Å². The maximum absolute atomic E-state index is 5.62. The molecule has 0 radical (unpaired) electrons. The van der Waals surface area contributed by atoms with E-state index in [-0.39, 0.29) is 24.0 Å². The molecule has 0 aromatic heterocycles. The summed E-state index contributed by atoms with van der Waals surface area (Å²) in [5, 5.41) is 6.28. The van der Waals surface area contributed by atoms with Crippen molar-refractivity contribution in [3.8, 4) is 11.5 Å². The summed E-state index contributed by atoms with van der Waals surface area (Å²) in [5.41, 5.74) is 0. The van der Waals surface area contributed by atoms with Gasteiger partial charge in [-0.2, -0.15) is 0 Å². The van der Waals surface area contributed by atoms with Gasteiger partial charge in [0.05, 0.1) is 20.3 Å². The first-order chi connectivity index (χ1) is 9.80. The molecule has 6 nitrogen and oxygen atoms in total. The van der Waals surface area contributed by atoms with Gasteiger partial charge in [0, 0.05) is 26.8 Å². The van der Waals surface area contributed by atoms with Gasteiger partial charge < -0.3 is 24.8 Å². The van der Waals surface area contributed by atoms with Crippen molar-refractivity contribution in [3.05, 3.63) is 24.3 Å². The number of ether oxygens (including phenoxy) is 3. The quantitative estimate of drug-likeness (QED) is 0.295. The van der Waals surface area contributed by atoms with Crippen LogP contribution < -0.4 is 20.1 Å². The molecule has 0 spiro atoms. The predicted octanol–water partition coefficient (Wildman–Crippen LogP) is 1.50. The first-order valence-corrected chi connectivity index (χ1v) is 6.50. The highest BCUT2D eigenvalue weighted by Gasteiger charge is 1.98. The van der Waals surface area contributed by atoms with Crippen molar-refractivity contribution in [1.29, 1.82) is 0 Å². The van der Waals surface area contributed by atoms with Crippen molar-refractivity contribution in [1.82, 2.24) is 10.6 Å². The maximum atomic E-state index is 5.62. The van der Waals surface area contributed by atoms with Crippen LogP contribution in [0.25, 0.3) is 0 Å². The number of methoxy groups -OCH3 is 2. The van der Waals surface area contributed by atoms with Gasteiger partial charge in [-0.05, 0) is 12.1 Å². The zero-order valence-electron chi connectivity index (χ0n) is 12.7. The third-order valence-corrected chi connectivity index (χ3v) is 2.53. The number of halogens is 1. The lowest BCUT2D eigenvalue weighted by Gasteiger charge is -2.12. The molecule has 0 amide bonds. The Labute approximate surface area is 143 Å². The number of aliphatic imine (C=N–C) groups is 1. The van der Waals surface area contributed by atoms with E-state index in [0.717, 1.165) is 17.5 Å². The van der Waals surface area contributed by atoms with Gasteiger partial charge in [0.15, 0.2) is 5.96 Å². The lowest BCUT2D eigenvalue weighted by molar-refractivity contribution is 0.203. The van der Waals surface area contributed by atoms with Crippen LogP contribution in [0.1, 0.15) is 0 Å². The monoisotopic (exact) mass is 409 g/mol. The van der Waals surface area contributed by atoms with Crippen LogP contribution in [0.5, 0.6) is 11.5 Å². The molecule has 7 heteroatoms. The molecule has 1 aromatic rings. The van der Waals surface area contributed by atoms with Crippen LogP contribution in [0, 0.1) is 0 Å². The van der Waals surface area contributed by atoms with E-state index in [1.165, 1.54) is 0 Å². The normalized spacial score (nSPS) is 10.5. The van der Waals surface area contributed by atoms with Gasteiger partial charge in [-0.15, -0.1) is 24.0 Å². The highest BCUT2D eigenvalue weighted by Crippen LogP contribution is 2.18. The highest BCUT2D eigenvalue weighted by atomic mass is 127. The van der Waals surface area contributed by atoms with Crippen molar-refractivity contribution < 1.29 is 14.2 Å². The van der Waals surface area contributed by atoms with Gasteiger partial charge in [-0.25, -0.2) is 0 Å². The fourth-order valence-electron chi connectivity index (χ4n) is 1.52. The zero-order valence-corrected chi connectivity index (χ0v) is 15.0. The molecule has 0 atom stereocenters. The minimum atomic E-state index is 0. The molecule has 0 bridgehead atoms. The summed E-state index contributed by atoms with van der Waals surface area (Å²) in [5.74, 6) is 2.30. The number of nitrogens with one attached hydrogen (secondary N) is 2. The summed E-state index contributed by atoms with van der Waals surface area (Å²) < 4.78 is 15.7. The fourth-order valence-corrected chi connectivity index (χ4v) is 1.52. The van der Waals surface area contributed by atoms with Crippen molar-refractivity contribution >= 4 is 29.9 Å². The summed E-state index contributed by atoms with van der Waals surface area (Å²) >= 11 is 0. The van der Waals surface area contributed by atoms with Crippen LogP contribution in [0.2, 0.25) is 0 Å². The molecular weight excluding hydrogens is 385 g/mol. The van der Waals surface area contributed by atoms with E-state index in [2.05, 4.69) is 15.6 Å². The number of rotatable bonds is 8. The molecule has 1 rings (SSSR count). The van der Waals surface area contributed by atoms with E-state index >= 15 is 0 Å². The third-order valence-electron chi connectivity index (χ3n) is 2.53. The van der Waals surface area contributed by atoms with Crippen LogP contribution >= 0.6 is 24.0 Å². The molecule has 0 aliphatic carbocycles. The van der Waals surface area contributed by atoms with Gasteiger partial charge in [0.2, 0.25) is 0 Å². The molecule has 0 aliphatic heterocycles. The number of guanidine groups is 1. The molecule has 0 fully saturated rings. The lowest BCUT2D eigenvalue weighted by Crippen LogP contribution is -2.40. The van der Waals surface area contributed by atoms with Gasteiger partial charge in [0.25, 0.3) is 0 Å². The van der Waals surface area contributed by atoms with Crippen LogP contribution in [0.4, 0.5) is 0 Å². The Morgan fingerprint density at radius 1 is 1.10 bits per heavy atom. The first-order valence-electron chi connectivity index (χ1n) is 6.50. The average molecular weight is 409 g/mol. The Bertz CT molecular complexity index is 416. The van der Waals surface area contributed by atoms with Gasteiger partial charge >= 0.3 is 0 Å². The van der Waals surface area contributed by atoms with Crippen molar-refractivity contribution in [2.45, 2.75) is 0 Å². The van der Waals surface area contributed by atoms with Crippen LogP contribution in [0.3, 0.4) is 0 Å². The molecule has 1 aromatic carbocycles. The SMILES string of the molecule is CN=C(NCCOC)NCCOc1cccc(OC)c1.I. The number of hydrogen-bond donors (Lipinski definition) is 2. The molecule has 120 valence electrons. The second-order valence-corrected chi connectivity index (χ2v) is 3.95. The lowest BCUT2D eigenvalue weighted by atomic mass is 10.3. The van der Waals surface area contributed by atoms with Crippen molar-refractivity contribution in [2.75, 3.05) is 47.6 Å². The Hall–Kier alpha value is -1.22. The second-order valence-electron chi connectivity index (χ2n) is 3.95. The van der Waals surface area contributed by atoms with Crippen molar-refractivity contribution in [2.24, 2.45) is 4.99 Å². The fraction of sp³-hybridized carbons (Fsp3) is 0.500. The van der Waals surface area contributed by atoms with Crippen LogP contribution in [-0.2, 0) is 4.74 Å². The van der Waals surface area contributed by atoms with Crippen LogP contribution in [-0.4, -0.2) is 53.5 Å². The molecule has 21 heavy (non-hydrogen) atoms. The van der Waals surface area contributed by atoms with Crippen LogP contribution in [0.15, 0.2) is 29.3 Å². The Morgan fingerprint density at radius 3 is 2.38 bits per heavy atom.